The first kappa shape index (κ1) is 12.6. The predicted octanol–water partition coefficient (Wildman–Crippen LogP) is 4.50. The van der Waals surface area contributed by atoms with Crippen molar-refractivity contribution < 1.29 is 14.3 Å². The molecule has 0 saturated heterocycles. The number of carboxylic acids is 1. The number of halogens is 2. The van der Waals surface area contributed by atoms with Gasteiger partial charge in [0.15, 0.2) is 5.82 Å². The summed E-state index contributed by atoms with van der Waals surface area (Å²) in [5, 5.41) is 10.7. The van der Waals surface area contributed by atoms with E-state index in [0.717, 1.165) is 4.21 Å². The van der Waals surface area contributed by atoms with E-state index in [2.05, 4.69) is 15.9 Å². The van der Waals surface area contributed by atoms with Gasteiger partial charge >= 0.3 is 5.97 Å². The average molecular weight is 333 g/mol. The summed E-state index contributed by atoms with van der Waals surface area (Å²) in [6.07, 6.45) is 0. The van der Waals surface area contributed by atoms with Gasteiger partial charge in [-0.15, -0.1) is 11.3 Å². The van der Waals surface area contributed by atoms with Crippen molar-refractivity contribution in [3.05, 3.63) is 45.5 Å². The zero-order valence-corrected chi connectivity index (χ0v) is 11.5. The lowest BCUT2D eigenvalue weighted by atomic mass is 10.2. The molecule has 0 amide bonds. The minimum atomic E-state index is -1.15. The Morgan fingerprint density at radius 1 is 1.41 bits per heavy atom. The first-order valence-corrected chi connectivity index (χ1v) is 7.01. The lowest BCUT2D eigenvalue weighted by Crippen LogP contribution is -1.99. The van der Waals surface area contributed by atoms with Crippen molar-refractivity contribution in [1.29, 1.82) is 0 Å². The van der Waals surface area contributed by atoms with E-state index in [4.69, 9.17) is 5.11 Å². The predicted molar refractivity (Wildman–Crippen MR) is 69.5 cm³/mol. The van der Waals surface area contributed by atoms with Crippen molar-refractivity contribution in [3.8, 4) is 0 Å². The number of hydrogen-bond donors (Lipinski definition) is 1. The van der Waals surface area contributed by atoms with Crippen molar-refractivity contribution in [1.82, 2.24) is 0 Å². The van der Waals surface area contributed by atoms with Gasteiger partial charge in [0.25, 0.3) is 0 Å². The molecule has 2 aromatic rings. The van der Waals surface area contributed by atoms with Crippen molar-refractivity contribution in [2.45, 2.75) is 9.10 Å². The third-order valence-corrected chi connectivity index (χ3v) is 4.83. The molecule has 0 spiro atoms. The average Bonchev–Trinajstić information content (AvgIpc) is 2.77. The van der Waals surface area contributed by atoms with E-state index in [-0.39, 0.29) is 10.0 Å². The number of thiophene rings is 1. The number of hydrogen-bond acceptors (Lipinski definition) is 3. The number of carboxylic acid groups (broad SMARTS) is 1. The quantitative estimate of drug-likeness (QED) is 0.899. The second-order valence-electron chi connectivity index (χ2n) is 3.08. The van der Waals surface area contributed by atoms with E-state index < -0.39 is 11.8 Å². The summed E-state index contributed by atoms with van der Waals surface area (Å²) in [6, 6.07) is 6.64. The number of rotatable bonds is 3. The molecule has 0 radical (unpaired) electrons. The monoisotopic (exact) mass is 332 g/mol. The van der Waals surface area contributed by atoms with Gasteiger partial charge in [0.1, 0.15) is 0 Å². The Hall–Kier alpha value is -0.850. The van der Waals surface area contributed by atoms with E-state index in [1.54, 1.807) is 0 Å². The molecular formula is C11H6BrFO2S2. The number of carbonyl (C=O) groups is 1. The molecule has 0 bridgehead atoms. The van der Waals surface area contributed by atoms with Gasteiger partial charge in [-0.3, -0.25) is 0 Å². The van der Waals surface area contributed by atoms with E-state index in [0.29, 0.717) is 4.90 Å². The fraction of sp³-hybridized carbons (Fsp3) is 0. The summed E-state index contributed by atoms with van der Waals surface area (Å²) in [6.45, 7) is 0. The molecule has 0 aliphatic carbocycles. The largest absolute Gasteiger partial charge is 0.478 e. The fourth-order valence-electron chi connectivity index (χ4n) is 1.21. The Balaban J connectivity index is 2.37. The van der Waals surface area contributed by atoms with E-state index in [1.165, 1.54) is 35.2 Å². The molecule has 1 aromatic heterocycles. The molecule has 88 valence electrons. The van der Waals surface area contributed by atoms with Crippen LogP contribution in [-0.4, -0.2) is 11.1 Å². The molecule has 1 aromatic carbocycles. The maximum Gasteiger partial charge on any atom is 0.336 e. The summed E-state index contributed by atoms with van der Waals surface area (Å²) in [7, 11) is 0. The van der Waals surface area contributed by atoms with Crippen LogP contribution in [0, 0.1) is 5.82 Å². The second kappa shape index (κ2) is 5.20. The SMILES string of the molecule is O=C(O)c1ccc(Sc2cccs2)c(F)c1Br. The standard InChI is InChI=1S/C11H6BrFO2S2/c12-9-6(11(14)15)3-4-7(10(9)13)17-8-2-1-5-16-8/h1-5H,(H,14,15). The topological polar surface area (TPSA) is 37.3 Å². The Morgan fingerprint density at radius 3 is 2.76 bits per heavy atom. The summed E-state index contributed by atoms with van der Waals surface area (Å²) in [4.78, 5) is 11.2. The van der Waals surface area contributed by atoms with Gasteiger partial charge in [-0.2, -0.15) is 0 Å². The normalized spacial score (nSPS) is 10.5. The molecule has 0 saturated carbocycles. The molecule has 0 unspecified atom stereocenters. The fourth-order valence-corrected chi connectivity index (χ4v) is 3.62. The van der Waals surface area contributed by atoms with Crippen LogP contribution in [0.2, 0.25) is 0 Å². The van der Waals surface area contributed by atoms with E-state index in [9.17, 15) is 9.18 Å². The number of benzene rings is 1. The smallest absolute Gasteiger partial charge is 0.336 e. The molecule has 17 heavy (non-hydrogen) atoms. The van der Waals surface area contributed by atoms with Gasteiger partial charge in [0.2, 0.25) is 0 Å². The van der Waals surface area contributed by atoms with Gasteiger partial charge in [-0.25, -0.2) is 9.18 Å². The van der Waals surface area contributed by atoms with Gasteiger partial charge in [0.05, 0.1) is 19.1 Å². The van der Waals surface area contributed by atoms with Crippen LogP contribution < -0.4 is 0 Å². The Bertz CT molecular complexity index is 555. The maximum atomic E-state index is 13.9. The lowest BCUT2D eigenvalue weighted by Gasteiger charge is -2.05. The Labute approximate surface area is 114 Å². The summed E-state index contributed by atoms with van der Waals surface area (Å²) in [5.74, 6) is -1.69. The lowest BCUT2D eigenvalue weighted by molar-refractivity contribution is 0.0695. The summed E-state index contributed by atoms with van der Waals surface area (Å²) < 4.78 is 14.8. The van der Waals surface area contributed by atoms with E-state index >= 15 is 0 Å². The third kappa shape index (κ3) is 2.70. The molecule has 1 N–H and O–H groups in total. The molecule has 0 aliphatic rings. The van der Waals surface area contributed by atoms with E-state index in [1.807, 2.05) is 17.5 Å². The highest BCUT2D eigenvalue weighted by Gasteiger charge is 2.16. The van der Waals surface area contributed by atoms with Crippen LogP contribution in [0.1, 0.15) is 10.4 Å². The van der Waals surface area contributed by atoms with Gasteiger partial charge in [0, 0.05) is 0 Å². The summed E-state index contributed by atoms with van der Waals surface area (Å²) >= 11 is 5.75. The van der Waals surface area contributed by atoms with Crippen molar-refractivity contribution in [3.63, 3.8) is 0 Å². The molecule has 6 heteroatoms. The highest BCUT2D eigenvalue weighted by atomic mass is 79.9. The zero-order valence-electron chi connectivity index (χ0n) is 8.31. The van der Waals surface area contributed by atoms with Crippen LogP contribution in [0.4, 0.5) is 4.39 Å². The molecule has 0 atom stereocenters. The molecule has 0 aliphatic heterocycles. The number of aromatic carboxylic acids is 1. The molecule has 1 heterocycles. The first-order valence-electron chi connectivity index (χ1n) is 4.52. The second-order valence-corrected chi connectivity index (χ2v) is 6.16. The minimum absolute atomic E-state index is 0.00782. The van der Waals surface area contributed by atoms with Crippen LogP contribution in [0.3, 0.4) is 0 Å². The highest BCUT2D eigenvalue weighted by molar-refractivity contribution is 9.10. The van der Waals surface area contributed by atoms with Crippen LogP contribution in [-0.2, 0) is 0 Å². The van der Waals surface area contributed by atoms with Gasteiger partial charge in [-0.1, -0.05) is 17.8 Å². The van der Waals surface area contributed by atoms with Gasteiger partial charge < -0.3 is 5.11 Å². The van der Waals surface area contributed by atoms with Crippen LogP contribution in [0.15, 0.2) is 43.2 Å². The van der Waals surface area contributed by atoms with Crippen molar-refractivity contribution in [2.24, 2.45) is 0 Å². The van der Waals surface area contributed by atoms with Crippen molar-refractivity contribution in [2.75, 3.05) is 0 Å². The minimum Gasteiger partial charge on any atom is -0.478 e. The third-order valence-electron chi connectivity index (χ3n) is 1.98. The molecule has 2 rings (SSSR count). The Kier molecular flexibility index (Phi) is 3.86. The maximum absolute atomic E-state index is 13.9. The molecular weight excluding hydrogens is 327 g/mol. The Morgan fingerprint density at radius 2 is 2.18 bits per heavy atom. The van der Waals surface area contributed by atoms with Crippen LogP contribution in [0.5, 0.6) is 0 Å². The molecule has 0 fully saturated rings. The highest BCUT2D eigenvalue weighted by Crippen LogP contribution is 2.36. The van der Waals surface area contributed by atoms with Crippen molar-refractivity contribution >= 4 is 45.0 Å². The molecule has 2 nitrogen and oxygen atoms in total. The zero-order chi connectivity index (χ0) is 12.4. The van der Waals surface area contributed by atoms with Crippen LogP contribution in [0.25, 0.3) is 0 Å². The summed E-state index contributed by atoms with van der Waals surface area (Å²) in [5.41, 5.74) is -0.0713. The van der Waals surface area contributed by atoms with Gasteiger partial charge in [-0.05, 0) is 39.5 Å². The first-order chi connectivity index (χ1) is 8.09. The van der Waals surface area contributed by atoms with Crippen LogP contribution >= 0.6 is 39.0 Å².